The molecular weight excluding hydrogens is 267 g/mol. The molecule has 1 atom stereocenters. The second-order valence-electron chi connectivity index (χ2n) is 6.64. The predicted octanol–water partition coefficient (Wildman–Crippen LogP) is 2.46. The van der Waals surface area contributed by atoms with E-state index in [1.54, 1.807) is 12.1 Å². The smallest absolute Gasteiger partial charge is 0.230 e. The molecule has 4 heteroatoms. The van der Waals surface area contributed by atoms with Gasteiger partial charge in [0.1, 0.15) is 5.82 Å². The van der Waals surface area contributed by atoms with Crippen LogP contribution in [0.15, 0.2) is 24.3 Å². The molecule has 3 nitrogen and oxygen atoms in total. The van der Waals surface area contributed by atoms with E-state index in [-0.39, 0.29) is 17.8 Å². The molecule has 0 bridgehead atoms. The number of benzene rings is 1. The first-order chi connectivity index (χ1) is 10.0. The quantitative estimate of drug-likeness (QED) is 0.924. The molecule has 1 aliphatic carbocycles. The maximum Gasteiger partial charge on any atom is 0.230 e. The maximum absolute atomic E-state index is 13.0. The van der Waals surface area contributed by atoms with Gasteiger partial charge in [0.25, 0.3) is 0 Å². The van der Waals surface area contributed by atoms with Crippen LogP contribution in [-0.4, -0.2) is 36.0 Å². The fourth-order valence-corrected chi connectivity index (χ4v) is 3.24. The Labute approximate surface area is 125 Å². The summed E-state index contributed by atoms with van der Waals surface area (Å²) in [6.07, 6.45) is 2.75. The van der Waals surface area contributed by atoms with Crippen LogP contribution in [-0.2, 0) is 10.2 Å². The van der Waals surface area contributed by atoms with Gasteiger partial charge < -0.3 is 5.32 Å². The van der Waals surface area contributed by atoms with Gasteiger partial charge >= 0.3 is 0 Å². The standard InChI is InChI=1S/C17H23FN2O/c1-12(2)20-10-7-15(11-20)19-16(21)17(8-9-17)13-3-5-14(18)6-4-13/h3-6,12,15H,7-11H2,1-2H3,(H,19,21). The highest BCUT2D eigenvalue weighted by Gasteiger charge is 2.51. The van der Waals surface area contributed by atoms with Crippen molar-refractivity contribution < 1.29 is 9.18 Å². The van der Waals surface area contributed by atoms with Crippen LogP contribution in [0, 0.1) is 5.82 Å². The summed E-state index contributed by atoms with van der Waals surface area (Å²) in [6, 6.07) is 7.16. The second kappa shape index (κ2) is 5.41. The number of hydrogen-bond donors (Lipinski definition) is 1. The molecular formula is C17H23FN2O. The summed E-state index contributed by atoms with van der Waals surface area (Å²) in [6.45, 7) is 6.35. The minimum atomic E-state index is -0.404. The molecule has 2 fully saturated rings. The lowest BCUT2D eigenvalue weighted by atomic mass is 9.94. The lowest BCUT2D eigenvalue weighted by molar-refractivity contribution is -0.124. The Bertz CT molecular complexity index is 522. The molecule has 1 aromatic rings. The van der Waals surface area contributed by atoms with E-state index in [1.807, 2.05) is 0 Å². The summed E-state index contributed by atoms with van der Waals surface area (Å²) in [4.78, 5) is 15.0. The average Bonchev–Trinajstić information content (AvgIpc) is 3.13. The highest BCUT2D eigenvalue weighted by Crippen LogP contribution is 2.48. The number of halogens is 1. The lowest BCUT2D eigenvalue weighted by Gasteiger charge is -2.22. The fourth-order valence-electron chi connectivity index (χ4n) is 3.24. The molecule has 0 radical (unpaired) electrons. The van der Waals surface area contributed by atoms with E-state index in [2.05, 4.69) is 24.1 Å². The SMILES string of the molecule is CC(C)N1CCC(NC(=O)C2(c3ccc(F)cc3)CC2)C1. The monoisotopic (exact) mass is 290 g/mol. The Balaban J connectivity index is 1.64. The van der Waals surface area contributed by atoms with Crippen molar-refractivity contribution in [2.75, 3.05) is 13.1 Å². The maximum atomic E-state index is 13.0. The minimum Gasteiger partial charge on any atom is -0.351 e. The van der Waals surface area contributed by atoms with Crippen LogP contribution in [0.3, 0.4) is 0 Å². The van der Waals surface area contributed by atoms with E-state index in [1.165, 1.54) is 12.1 Å². The highest BCUT2D eigenvalue weighted by atomic mass is 19.1. The molecule has 0 spiro atoms. The zero-order chi connectivity index (χ0) is 15.0. The normalized spacial score (nSPS) is 24.3. The Morgan fingerprint density at radius 1 is 1.33 bits per heavy atom. The zero-order valence-corrected chi connectivity index (χ0v) is 12.7. The molecule has 1 unspecified atom stereocenters. The van der Waals surface area contributed by atoms with Gasteiger partial charge in [-0.1, -0.05) is 12.1 Å². The molecule has 1 amide bonds. The van der Waals surface area contributed by atoms with Crippen molar-refractivity contribution in [3.63, 3.8) is 0 Å². The number of amides is 1. The van der Waals surface area contributed by atoms with Gasteiger partial charge in [-0.3, -0.25) is 9.69 Å². The van der Waals surface area contributed by atoms with Crippen LogP contribution in [0.1, 0.15) is 38.7 Å². The van der Waals surface area contributed by atoms with Crippen LogP contribution in [0.2, 0.25) is 0 Å². The minimum absolute atomic E-state index is 0.115. The van der Waals surface area contributed by atoms with Crippen molar-refractivity contribution in [1.29, 1.82) is 0 Å². The molecule has 1 saturated carbocycles. The number of rotatable bonds is 4. The van der Waals surface area contributed by atoms with Gasteiger partial charge in [-0.05, 0) is 50.8 Å². The van der Waals surface area contributed by atoms with E-state index in [4.69, 9.17) is 0 Å². The van der Waals surface area contributed by atoms with Crippen molar-refractivity contribution in [2.45, 2.75) is 50.6 Å². The van der Waals surface area contributed by atoms with E-state index in [0.29, 0.717) is 6.04 Å². The van der Waals surface area contributed by atoms with Crippen LogP contribution in [0.5, 0.6) is 0 Å². The third-order valence-electron chi connectivity index (χ3n) is 4.87. The number of carbonyl (C=O) groups is 1. The van der Waals surface area contributed by atoms with Crippen molar-refractivity contribution in [3.05, 3.63) is 35.6 Å². The van der Waals surface area contributed by atoms with Crippen LogP contribution < -0.4 is 5.32 Å². The Hall–Kier alpha value is -1.42. The first-order valence-electron chi connectivity index (χ1n) is 7.82. The summed E-state index contributed by atoms with van der Waals surface area (Å²) in [5.74, 6) is -0.136. The van der Waals surface area contributed by atoms with Gasteiger partial charge in [0.2, 0.25) is 5.91 Å². The van der Waals surface area contributed by atoms with E-state index >= 15 is 0 Å². The van der Waals surface area contributed by atoms with E-state index < -0.39 is 5.41 Å². The molecule has 1 aromatic carbocycles. The molecule has 2 aliphatic rings. The molecule has 1 aliphatic heterocycles. The summed E-state index contributed by atoms with van der Waals surface area (Å²) in [5, 5.41) is 3.21. The lowest BCUT2D eigenvalue weighted by Crippen LogP contribution is -2.43. The molecule has 1 saturated heterocycles. The van der Waals surface area contributed by atoms with Crippen LogP contribution in [0.25, 0.3) is 0 Å². The predicted molar refractivity (Wildman–Crippen MR) is 80.6 cm³/mol. The average molecular weight is 290 g/mol. The van der Waals surface area contributed by atoms with Gasteiger partial charge in [0.05, 0.1) is 5.41 Å². The molecule has 21 heavy (non-hydrogen) atoms. The summed E-state index contributed by atoms with van der Waals surface area (Å²) in [7, 11) is 0. The number of hydrogen-bond acceptors (Lipinski definition) is 2. The van der Waals surface area contributed by atoms with Crippen molar-refractivity contribution in [3.8, 4) is 0 Å². The van der Waals surface area contributed by atoms with E-state index in [9.17, 15) is 9.18 Å². The number of likely N-dealkylation sites (tertiary alicyclic amines) is 1. The topological polar surface area (TPSA) is 32.3 Å². The first kappa shape index (κ1) is 14.5. The van der Waals surface area contributed by atoms with Gasteiger partial charge in [-0.2, -0.15) is 0 Å². The molecule has 1 heterocycles. The zero-order valence-electron chi connectivity index (χ0n) is 12.7. The van der Waals surface area contributed by atoms with Gasteiger partial charge in [0, 0.05) is 25.2 Å². The largest absolute Gasteiger partial charge is 0.351 e. The second-order valence-corrected chi connectivity index (χ2v) is 6.64. The highest BCUT2D eigenvalue weighted by molar-refractivity contribution is 5.91. The Kier molecular flexibility index (Phi) is 3.74. The van der Waals surface area contributed by atoms with Crippen molar-refractivity contribution in [1.82, 2.24) is 10.2 Å². The molecule has 0 aromatic heterocycles. The summed E-state index contributed by atoms with van der Waals surface area (Å²) < 4.78 is 13.0. The third-order valence-corrected chi connectivity index (χ3v) is 4.87. The molecule has 1 N–H and O–H groups in total. The third kappa shape index (κ3) is 2.82. The van der Waals surface area contributed by atoms with E-state index in [0.717, 1.165) is 37.9 Å². The molecule has 114 valence electrons. The number of nitrogens with zero attached hydrogens (tertiary/aromatic N) is 1. The van der Waals surface area contributed by atoms with Crippen molar-refractivity contribution in [2.24, 2.45) is 0 Å². The Morgan fingerprint density at radius 2 is 2.00 bits per heavy atom. The first-order valence-corrected chi connectivity index (χ1v) is 7.82. The van der Waals surface area contributed by atoms with Gasteiger partial charge in [0.15, 0.2) is 0 Å². The summed E-state index contributed by atoms with van der Waals surface area (Å²) in [5.41, 5.74) is 0.541. The number of carbonyl (C=O) groups excluding carboxylic acids is 1. The van der Waals surface area contributed by atoms with Gasteiger partial charge in [-0.15, -0.1) is 0 Å². The van der Waals surface area contributed by atoms with Crippen LogP contribution in [0.4, 0.5) is 4.39 Å². The fraction of sp³-hybridized carbons (Fsp3) is 0.588. The molecule has 3 rings (SSSR count). The number of nitrogens with one attached hydrogen (secondary N) is 1. The summed E-state index contributed by atoms with van der Waals surface area (Å²) >= 11 is 0. The van der Waals surface area contributed by atoms with Crippen molar-refractivity contribution >= 4 is 5.91 Å². The Morgan fingerprint density at radius 3 is 2.52 bits per heavy atom. The van der Waals surface area contributed by atoms with Gasteiger partial charge in [-0.25, -0.2) is 4.39 Å². The van der Waals surface area contributed by atoms with Crippen LogP contribution >= 0.6 is 0 Å².